The van der Waals surface area contributed by atoms with Gasteiger partial charge in [-0.05, 0) is 0 Å². The molecule has 0 aliphatic heterocycles. The molecule has 6 nitrogen and oxygen atoms in total. The van der Waals surface area contributed by atoms with Crippen molar-refractivity contribution in [1.82, 2.24) is 9.97 Å². The molecule has 0 saturated carbocycles. The fourth-order valence-corrected chi connectivity index (χ4v) is 0.941. The number of carboxylic acid groups (broad SMARTS) is 1. The molecule has 70 valence electrons. The number of carbonyl (C=O) groups is 1. The number of carboxylic acids is 1. The highest BCUT2D eigenvalue weighted by Gasteiger charge is 2.11. The second kappa shape index (κ2) is 3.44. The molecule has 1 aromatic rings. The van der Waals surface area contributed by atoms with E-state index < -0.39 is 17.9 Å². The average Bonchev–Trinajstić information content (AvgIpc) is 1.98. The van der Waals surface area contributed by atoms with Crippen LogP contribution >= 0.6 is 11.6 Å². The second-order valence-electron chi connectivity index (χ2n) is 2.28. The topological polar surface area (TPSA) is 109 Å². The van der Waals surface area contributed by atoms with Crippen molar-refractivity contribution >= 4 is 23.5 Å². The molecule has 1 heterocycles. The summed E-state index contributed by atoms with van der Waals surface area (Å²) in [7, 11) is 0. The van der Waals surface area contributed by atoms with Crippen LogP contribution < -0.4 is 11.3 Å². The Kier molecular flexibility index (Phi) is 2.52. The summed E-state index contributed by atoms with van der Waals surface area (Å²) in [5.74, 6) is -1.27. The maximum Gasteiger partial charge on any atom is 0.309 e. The Hall–Kier alpha value is -1.56. The fourth-order valence-electron chi connectivity index (χ4n) is 0.785. The van der Waals surface area contributed by atoms with Crippen molar-refractivity contribution in [2.24, 2.45) is 0 Å². The first-order valence-electron chi connectivity index (χ1n) is 3.26. The van der Waals surface area contributed by atoms with Crippen LogP contribution in [0.1, 0.15) is 5.69 Å². The molecule has 0 unspecified atom stereocenters. The SMILES string of the molecule is Nc1nc(CC(=O)O)c(Cl)c(=O)[nH]1. The number of aromatic nitrogens is 2. The van der Waals surface area contributed by atoms with E-state index in [1.54, 1.807) is 0 Å². The number of halogens is 1. The fraction of sp³-hybridized carbons (Fsp3) is 0.167. The van der Waals surface area contributed by atoms with Crippen molar-refractivity contribution in [3.05, 3.63) is 21.1 Å². The highest BCUT2D eigenvalue weighted by Crippen LogP contribution is 2.08. The summed E-state index contributed by atoms with van der Waals surface area (Å²) in [5, 5.41) is 8.18. The first-order valence-corrected chi connectivity index (χ1v) is 3.64. The first kappa shape index (κ1) is 9.53. The summed E-state index contributed by atoms with van der Waals surface area (Å²) >= 11 is 5.48. The van der Waals surface area contributed by atoms with Gasteiger partial charge in [0.2, 0.25) is 5.95 Å². The molecular formula is C6H6ClN3O3. The third kappa shape index (κ3) is 2.19. The monoisotopic (exact) mass is 203 g/mol. The van der Waals surface area contributed by atoms with Gasteiger partial charge >= 0.3 is 5.97 Å². The summed E-state index contributed by atoms with van der Waals surface area (Å²) in [6.45, 7) is 0. The Morgan fingerprint density at radius 1 is 1.69 bits per heavy atom. The number of hydrogen-bond acceptors (Lipinski definition) is 4. The molecule has 4 N–H and O–H groups in total. The van der Waals surface area contributed by atoms with E-state index in [4.69, 9.17) is 22.4 Å². The summed E-state index contributed by atoms with van der Waals surface area (Å²) < 4.78 is 0. The van der Waals surface area contributed by atoms with Crippen LogP contribution in [0.25, 0.3) is 0 Å². The number of anilines is 1. The predicted octanol–water partition coefficient (Wildman–Crippen LogP) is -0.367. The van der Waals surface area contributed by atoms with E-state index in [0.29, 0.717) is 0 Å². The maximum absolute atomic E-state index is 10.9. The normalized spacial score (nSPS) is 9.92. The van der Waals surface area contributed by atoms with Crippen molar-refractivity contribution in [3.8, 4) is 0 Å². The molecule has 0 atom stereocenters. The van der Waals surface area contributed by atoms with E-state index in [9.17, 15) is 9.59 Å². The van der Waals surface area contributed by atoms with Crippen molar-refractivity contribution in [2.45, 2.75) is 6.42 Å². The molecule has 0 spiro atoms. The number of aromatic amines is 1. The highest BCUT2D eigenvalue weighted by atomic mass is 35.5. The third-order valence-electron chi connectivity index (χ3n) is 1.27. The molecular weight excluding hydrogens is 198 g/mol. The molecule has 7 heteroatoms. The van der Waals surface area contributed by atoms with Gasteiger partial charge < -0.3 is 10.8 Å². The molecule has 0 fully saturated rings. The quantitative estimate of drug-likeness (QED) is 0.608. The van der Waals surface area contributed by atoms with E-state index in [1.807, 2.05) is 0 Å². The van der Waals surface area contributed by atoms with Crippen LogP contribution in [0.15, 0.2) is 4.79 Å². The van der Waals surface area contributed by atoms with Gasteiger partial charge in [-0.25, -0.2) is 4.98 Å². The van der Waals surface area contributed by atoms with Crippen molar-refractivity contribution in [3.63, 3.8) is 0 Å². The van der Waals surface area contributed by atoms with Crippen LogP contribution in [0.4, 0.5) is 5.95 Å². The van der Waals surface area contributed by atoms with Gasteiger partial charge in [0.15, 0.2) is 0 Å². The van der Waals surface area contributed by atoms with Gasteiger partial charge in [-0.15, -0.1) is 0 Å². The summed E-state index contributed by atoms with van der Waals surface area (Å²) in [5.41, 5.74) is 4.52. The zero-order valence-corrected chi connectivity index (χ0v) is 7.13. The van der Waals surface area contributed by atoms with Gasteiger partial charge in [0.25, 0.3) is 5.56 Å². The largest absolute Gasteiger partial charge is 0.481 e. The molecule has 13 heavy (non-hydrogen) atoms. The number of aliphatic carboxylic acids is 1. The highest BCUT2D eigenvalue weighted by molar-refractivity contribution is 6.31. The minimum absolute atomic E-state index is 0.0320. The maximum atomic E-state index is 10.9. The lowest BCUT2D eigenvalue weighted by Crippen LogP contribution is -2.16. The van der Waals surface area contributed by atoms with Crippen LogP contribution in [0.3, 0.4) is 0 Å². The number of hydrogen-bond donors (Lipinski definition) is 3. The lowest BCUT2D eigenvalue weighted by Gasteiger charge is -1.99. The second-order valence-corrected chi connectivity index (χ2v) is 2.66. The molecule has 1 aromatic heterocycles. The molecule has 0 aliphatic rings. The van der Waals surface area contributed by atoms with Crippen LogP contribution in [-0.2, 0) is 11.2 Å². The molecule has 1 rings (SSSR count). The molecule has 0 bridgehead atoms. The Morgan fingerprint density at radius 3 is 2.85 bits per heavy atom. The number of nitrogen functional groups attached to an aromatic ring is 1. The summed E-state index contributed by atoms with van der Waals surface area (Å²) in [6, 6.07) is 0. The number of nitrogens with zero attached hydrogens (tertiary/aromatic N) is 1. The number of rotatable bonds is 2. The smallest absolute Gasteiger partial charge is 0.309 e. The lowest BCUT2D eigenvalue weighted by atomic mass is 10.3. The van der Waals surface area contributed by atoms with Gasteiger partial charge in [-0.3, -0.25) is 14.6 Å². The van der Waals surface area contributed by atoms with Gasteiger partial charge in [-0.2, -0.15) is 0 Å². The van der Waals surface area contributed by atoms with Gasteiger partial charge in [-0.1, -0.05) is 11.6 Å². The van der Waals surface area contributed by atoms with Crippen LogP contribution in [-0.4, -0.2) is 21.0 Å². The zero-order valence-electron chi connectivity index (χ0n) is 6.37. The van der Waals surface area contributed by atoms with Crippen LogP contribution in [0.2, 0.25) is 5.02 Å². The molecule has 0 saturated heterocycles. The summed E-state index contributed by atoms with van der Waals surface area (Å²) in [6.07, 6.45) is -0.424. The van der Waals surface area contributed by atoms with Crippen molar-refractivity contribution < 1.29 is 9.90 Å². The molecule has 0 radical (unpaired) electrons. The van der Waals surface area contributed by atoms with E-state index in [0.717, 1.165) is 0 Å². The Morgan fingerprint density at radius 2 is 2.31 bits per heavy atom. The molecule has 0 amide bonds. The van der Waals surface area contributed by atoms with E-state index in [1.165, 1.54) is 0 Å². The standard InChI is InChI=1S/C6H6ClN3O3/c7-4-2(1-3(11)12)9-6(8)10-5(4)13/h1H2,(H,11,12)(H3,8,9,10,13). The van der Waals surface area contributed by atoms with E-state index in [2.05, 4.69) is 9.97 Å². The van der Waals surface area contributed by atoms with Crippen molar-refractivity contribution in [1.29, 1.82) is 0 Å². The number of nitrogens with two attached hydrogens (primary N) is 1. The summed E-state index contributed by atoms with van der Waals surface area (Å²) in [4.78, 5) is 27.0. The lowest BCUT2D eigenvalue weighted by molar-refractivity contribution is -0.136. The van der Waals surface area contributed by atoms with Crippen LogP contribution in [0, 0.1) is 0 Å². The van der Waals surface area contributed by atoms with E-state index >= 15 is 0 Å². The minimum atomic E-state index is -1.13. The van der Waals surface area contributed by atoms with Gasteiger partial charge in [0, 0.05) is 0 Å². The first-order chi connectivity index (χ1) is 6.00. The Balaban J connectivity index is 3.20. The van der Waals surface area contributed by atoms with Crippen LogP contribution in [0.5, 0.6) is 0 Å². The minimum Gasteiger partial charge on any atom is -0.481 e. The van der Waals surface area contributed by atoms with Gasteiger partial charge in [0.1, 0.15) is 5.02 Å². The van der Waals surface area contributed by atoms with Crippen molar-refractivity contribution in [2.75, 3.05) is 5.73 Å². The molecule has 0 aliphatic carbocycles. The Bertz CT molecular complexity index is 401. The third-order valence-corrected chi connectivity index (χ3v) is 1.66. The average molecular weight is 204 g/mol. The predicted molar refractivity (Wildman–Crippen MR) is 45.6 cm³/mol. The van der Waals surface area contributed by atoms with E-state index in [-0.39, 0.29) is 16.7 Å². The van der Waals surface area contributed by atoms with Gasteiger partial charge in [0.05, 0.1) is 12.1 Å². The number of H-pyrrole nitrogens is 1. The zero-order chi connectivity index (χ0) is 10.0. The Labute approximate surface area is 77.4 Å². The molecule has 0 aromatic carbocycles. The number of nitrogens with one attached hydrogen (secondary N) is 1.